The van der Waals surface area contributed by atoms with Gasteiger partial charge in [-0.15, -0.1) is 0 Å². The number of para-hydroxylation sites is 3. The summed E-state index contributed by atoms with van der Waals surface area (Å²) in [5.74, 6) is 0. The summed E-state index contributed by atoms with van der Waals surface area (Å²) in [7, 11) is 0. The van der Waals surface area contributed by atoms with Crippen molar-refractivity contribution in [3.8, 4) is 44.5 Å². The summed E-state index contributed by atoms with van der Waals surface area (Å²) < 4.78 is 0. The molecule has 1 nitrogen and oxygen atoms in total. The average Bonchev–Trinajstić information content (AvgIpc) is 3.81. The van der Waals surface area contributed by atoms with E-state index in [0.29, 0.717) is 0 Å². The molecule has 13 rings (SSSR count). The second-order valence-electron chi connectivity index (χ2n) is 18.7. The monoisotopic (exact) mass is 853 g/mol. The van der Waals surface area contributed by atoms with Gasteiger partial charge >= 0.3 is 0 Å². The number of hydrogen-bond donors (Lipinski definition) is 0. The van der Waals surface area contributed by atoms with Crippen LogP contribution in [0.15, 0.2) is 243 Å². The van der Waals surface area contributed by atoms with Gasteiger partial charge in [-0.1, -0.05) is 220 Å². The zero-order valence-electron chi connectivity index (χ0n) is 37.6. The molecule has 0 aromatic heterocycles. The predicted octanol–water partition coefficient (Wildman–Crippen LogP) is 17.1. The third-order valence-corrected chi connectivity index (χ3v) is 14.9. The zero-order chi connectivity index (χ0) is 44.7. The van der Waals surface area contributed by atoms with E-state index in [4.69, 9.17) is 0 Å². The van der Waals surface area contributed by atoms with E-state index in [-0.39, 0.29) is 5.41 Å². The highest BCUT2D eigenvalue weighted by Crippen LogP contribution is 2.63. The Morgan fingerprint density at radius 2 is 0.881 bits per heavy atom. The fraction of sp³-hybridized carbons (Fsp3) is 0.0606. The molecule has 316 valence electrons. The van der Waals surface area contributed by atoms with Crippen molar-refractivity contribution < 1.29 is 0 Å². The Balaban J connectivity index is 1.01. The maximum absolute atomic E-state index is 2.47. The molecule has 10 aromatic carbocycles. The number of benzene rings is 10. The lowest BCUT2D eigenvalue weighted by Crippen LogP contribution is -2.36. The van der Waals surface area contributed by atoms with Crippen LogP contribution in [0.1, 0.15) is 63.9 Å². The molecule has 0 atom stereocenters. The van der Waals surface area contributed by atoms with Gasteiger partial charge < -0.3 is 4.90 Å². The third-order valence-electron chi connectivity index (χ3n) is 14.9. The summed E-state index contributed by atoms with van der Waals surface area (Å²) in [6.07, 6.45) is 2.45. The van der Waals surface area contributed by atoms with Crippen molar-refractivity contribution in [3.05, 3.63) is 293 Å². The molecule has 1 aliphatic heterocycles. The highest BCUT2D eigenvalue weighted by Gasteiger charge is 2.51. The van der Waals surface area contributed by atoms with E-state index >= 15 is 0 Å². The maximum Gasteiger partial charge on any atom is 0.0754 e. The van der Waals surface area contributed by atoms with Crippen molar-refractivity contribution in [2.75, 3.05) is 4.90 Å². The molecule has 0 N–H and O–H groups in total. The van der Waals surface area contributed by atoms with Crippen LogP contribution < -0.4 is 4.90 Å². The Labute approximate surface area is 393 Å². The molecule has 1 spiro atoms. The Morgan fingerprint density at radius 3 is 1.60 bits per heavy atom. The van der Waals surface area contributed by atoms with Crippen LogP contribution in [0.3, 0.4) is 0 Å². The minimum absolute atomic E-state index is 0.124. The van der Waals surface area contributed by atoms with Gasteiger partial charge in [0.05, 0.1) is 16.8 Å². The highest BCUT2D eigenvalue weighted by molar-refractivity contribution is 6.01. The normalized spacial score (nSPS) is 14.4. The van der Waals surface area contributed by atoms with Gasteiger partial charge in [0.15, 0.2) is 0 Å². The van der Waals surface area contributed by atoms with Gasteiger partial charge in [0.1, 0.15) is 0 Å². The van der Waals surface area contributed by atoms with E-state index < -0.39 is 5.41 Å². The molecular weight excluding hydrogens is 807 g/mol. The molecule has 0 bridgehead atoms. The van der Waals surface area contributed by atoms with Crippen LogP contribution in [-0.2, 0) is 10.8 Å². The Bertz CT molecular complexity index is 3560. The summed E-state index contributed by atoms with van der Waals surface area (Å²) in [5, 5.41) is 0. The first-order chi connectivity index (χ1) is 33.0. The Hall–Kier alpha value is -8.26. The first kappa shape index (κ1) is 39.1. The first-order valence-electron chi connectivity index (χ1n) is 23.5. The van der Waals surface area contributed by atoms with E-state index in [0.717, 1.165) is 5.69 Å². The van der Waals surface area contributed by atoms with Crippen LogP contribution in [0.5, 0.6) is 0 Å². The quantitative estimate of drug-likeness (QED) is 0.151. The molecule has 2 aliphatic carbocycles. The fourth-order valence-corrected chi connectivity index (χ4v) is 12.0. The molecule has 1 heterocycles. The lowest BCUT2D eigenvalue weighted by molar-refractivity contribution is 0.660. The summed E-state index contributed by atoms with van der Waals surface area (Å²) in [6.45, 7) is 4.75. The van der Waals surface area contributed by atoms with Gasteiger partial charge in [0.2, 0.25) is 0 Å². The molecule has 67 heavy (non-hydrogen) atoms. The molecule has 1 heteroatoms. The van der Waals surface area contributed by atoms with Crippen LogP contribution in [0.4, 0.5) is 17.1 Å². The lowest BCUT2D eigenvalue weighted by Gasteiger charge is -2.45. The van der Waals surface area contributed by atoms with Crippen molar-refractivity contribution in [3.63, 3.8) is 0 Å². The van der Waals surface area contributed by atoms with Crippen LogP contribution in [-0.4, -0.2) is 0 Å². The fourth-order valence-electron chi connectivity index (χ4n) is 12.0. The van der Waals surface area contributed by atoms with Gasteiger partial charge in [-0.25, -0.2) is 0 Å². The number of nitrogens with zero attached hydrogens (tertiary/aromatic N) is 1. The molecule has 0 saturated heterocycles. The topological polar surface area (TPSA) is 3.24 Å². The summed E-state index contributed by atoms with van der Waals surface area (Å²) in [6, 6.07) is 90.1. The predicted molar refractivity (Wildman–Crippen MR) is 280 cm³/mol. The van der Waals surface area contributed by atoms with E-state index in [9.17, 15) is 0 Å². The second kappa shape index (κ2) is 15.2. The lowest BCUT2D eigenvalue weighted by atomic mass is 9.64. The van der Waals surface area contributed by atoms with E-state index in [1.165, 1.54) is 112 Å². The second-order valence-corrected chi connectivity index (χ2v) is 18.7. The van der Waals surface area contributed by atoms with Crippen molar-refractivity contribution in [2.45, 2.75) is 24.7 Å². The molecule has 0 fully saturated rings. The van der Waals surface area contributed by atoms with Gasteiger partial charge in [-0.3, -0.25) is 0 Å². The molecule has 0 radical (unpaired) electrons. The number of fused-ring (bicyclic) bond motifs is 12. The van der Waals surface area contributed by atoms with E-state index in [1.54, 1.807) is 0 Å². The number of anilines is 3. The smallest absolute Gasteiger partial charge is 0.0754 e. The summed E-state index contributed by atoms with van der Waals surface area (Å²) >= 11 is 0. The third kappa shape index (κ3) is 5.81. The summed E-state index contributed by atoms with van der Waals surface area (Å²) in [4.78, 5) is 2.45. The number of rotatable bonds is 6. The van der Waals surface area contributed by atoms with Crippen LogP contribution >= 0.6 is 0 Å². The number of hydrogen-bond acceptors (Lipinski definition) is 1. The SMILES string of the molecule is CC1(C)c2ccccc2-c2ccc(/C(=C\c3ccccc3-c3ccc4c(c3)-c3ccccc3C43c4ccccc4N(c4ccccc4)c4ccccc43)c3ccccc3-c3ccccc3)cc21. The van der Waals surface area contributed by atoms with Crippen molar-refractivity contribution in [1.29, 1.82) is 0 Å². The minimum Gasteiger partial charge on any atom is -0.310 e. The van der Waals surface area contributed by atoms with Gasteiger partial charge in [-0.05, 0) is 143 Å². The molecule has 0 unspecified atom stereocenters. The Kier molecular flexibility index (Phi) is 8.85. The summed E-state index contributed by atoms with van der Waals surface area (Å²) in [5.41, 5.74) is 25.8. The van der Waals surface area contributed by atoms with E-state index in [1.807, 2.05) is 0 Å². The molecule has 10 aromatic rings. The van der Waals surface area contributed by atoms with Gasteiger partial charge in [-0.2, -0.15) is 0 Å². The maximum atomic E-state index is 2.47. The molecular formula is C66H47N. The van der Waals surface area contributed by atoms with Crippen LogP contribution in [0.2, 0.25) is 0 Å². The molecule has 3 aliphatic rings. The van der Waals surface area contributed by atoms with Crippen molar-refractivity contribution in [1.82, 2.24) is 0 Å². The minimum atomic E-state index is -0.502. The zero-order valence-corrected chi connectivity index (χ0v) is 37.6. The molecule has 0 amide bonds. The van der Waals surface area contributed by atoms with Crippen molar-refractivity contribution >= 4 is 28.7 Å². The molecule has 0 saturated carbocycles. The van der Waals surface area contributed by atoms with Gasteiger partial charge in [0.25, 0.3) is 0 Å². The van der Waals surface area contributed by atoms with Gasteiger partial charge in [0, 0.05) is 11.1 Å². The first-order valence-corrected chi connectivity index (χ1v) is 23.5. The standard InChI is InChI=1S/C66H47N/c1-65(2)57-31-15-13-29-52(57)54-39-37-47(43-62(54)65)55(51-28-12-11-27-50(51)44-21-5-3-6-22-44)41-45-23-9-10-26-49(45)46-38-40-59-56(42-46)53-30-14-16-32-58(53)66(59)60-33-17-19-35-63(60)67(48-24-7-4-8-25-48)64-36-20-18-34-61(64)66/h3-43H,1-2H3/b55-41+. The highest BCUT2D eigenvalue weighted by atomic mass is 15.2. The average molecular weight is 854 g/mol. The Morgan fingerprint density at radius 1 is 0.358 bits per heavy atom. The van der Waals surface area contributed by atoms with Crippen LogP contribution in [0.25, 0.3) is 56.2 Å². The van der Waals surface area contributed by atoms with Crippen molar-refractivity contribution in [2.24, 2.45) is 0 Å². The van der Waals surface area contributed by atoms with E-state index in [2.05, 4.69) is 267 Å². The van der Waals surface area contributed by atoms with Crippen LogP contribution in [0, 0.1) is 0 Å². The largest absolute Gasteiger partial charge is 0.310 e.